The van der Waals surface area contributed by atoms with Crippen LogP contribution in [0.5, 0.6) is 0 Å². The van der Waals surface area contributed by atoms with Crippen molar-refractivity contribution in [2.75, 3.05) is 26.3 Å². The van der Waals surface area contributed by atoms with Crippen LogP contribution in [0.15, 0.2) is 43.0 Å². The van der Waals surface area contributed by atoms with Crippen molar-refractivity contribution in [1.82, 2.24) is 29.5 Å². The Kier molecular flexibility index (Phi) is 4.34. The molecule has 0 bridgehead atoms. The van der Waals surface area contributed by atoms with Gasteiger partial charge in [-0.3, -0.25) is 4.79 Å². The van der Waals surface area contributed by atoms with Gasteiger partial charge in [-0.25, -0.2) is 19.5 Å². The lowest BCUT2D eigenvalue weighted by Crippen LogP contribution is -2.37. The number of fused-ring (bicyclic) bond motifs is 1. The predicted molar refractivity (Wildman–Crippen MR) is 88.9 cm³/mol. The van der Waals surface area contributed by atoms with E-state index in [0.29, 0.717) is 26.3 Å². The van der Waals surface area contributed by atoms with E-state index in [9.17, 15) is 4.79 Å². The maximum Gasteiger partial charge on any atom is 0.291 e. The fraction of sp³-hybridized carbons (Fsp3) is 0.353. The monoisotopic (exact) mass is 338 g/mol. The smallest absolute Gasteiger partial charge is 0.291 e. The molecule has 1 atom stereocenters. The van der Waals surface area contributed by atoms with E-state index in [-0.39, 0.29) is 17.6 Å². The molecule has 0 N–H and O–H groups in total. The summed E-state index contributed by atoms with van der Waals surface area (Å²) in [4.78, 5) is 26.7. The highest BCUT2D eigenvalue weighted by molar-refractivity contribution is 5.90. The van der Waals surface area contributed by atoms with Crippen LogP contribution in [-0.4, -0.2) is 61.7 Å². The van der Waals surface area contributed by atoms with Gasteiger partial charge in [-0.2, -0.15) is 5.10 Å². The molecule has 25 heavy (non-hydrogen) atoms. The molecule has 0 radical (unpaired) electrons. The summed E-state index contributed by atoms with van der Waals surface area (Å²) >= 11 is 0. The van der Waals surface area contributed by atoms with Crippen LogP contribution >= 0.6 is 0 Å². The summed E-state index contributed by atoms with van der Waals surface area (Å²) in [5.74, 6) is 0.235. The van der Waals surface area contributed by atoms with E-state index < -0.39 is 0 Å². The molecule has 0 aromatic carbocycles. The highest BCUT2D eigenvalue weighted by Crippen LogP contribution is 2.14. The van der Waals surface area contributed by atoms with E-state index in [2.05, 4.69) is 20.1 Å². The Balaban J connectivity index is 1.48. The van der Waals surface area contributed by atoms with E-state index in [4.69, 9.17) is 4.74 Å². The second-order valence-corrected chi connectivity index (χ2v) is 6.02. The largest absolute Gasteiger partial charge is 0.379 e. The van der Waals surface area contributed by atoms with Crippen LogP contribution in [0, 0.1) is 5.92 Å². The van der Waals surface area contributed by atoms with Crippen molar-refractivity contribution < 1.29 is 9.53 Å². The number of ether oxygens (including phenoxy) is 1. The number of rotatable bonds is 3. The van der Waals surface area contributed by atoms with Crippen LogP contribution in [-0.2, 0) is 11.2 Å². The molecule has 1 fully saturated rings. The zero-order chi connectivity index (χ0) is 17.1. The molecule has 128 valence electrons. The molecular formula is C17H18N6O2. The van der Waals surface area contributed by atoms with Crippen molar-refractivity contribution >= 4 is 11.6 Å². The van der Waals surface area contributed by atoms with Gasteiger partial charge in [0.2, 0.25) is 5.82 Å². The number of amides is 1. The fourth-order valence-corrected chi connectivity index (χ4v) is 3.00. The van der Waals surface area contributed by atoms with Gasteiger partial charge >= 0.3 is 0 Å². The molecule has 8 heteroatoms. The van der Waals surface area contributed by atoms with Gasteiger partial charge in [0.05, 0.1) is 18.9 Å². The Morgan fingerprint density at radius 1 is 1.20 bits per heavy atom. The van der Waals surface area contributed by atoms with Gasteiger partial charge in [0.1, 0.15) is 0 Å². The standard InChI is InChI=1S/C17H18N6O2/c24-17(16-19-4-1-5-20-16)22-8-9-25-12-13(11-22)10-14-2-3-15-18-6-7-23(15)21-14/h1-7,13H,8-12H2/t13-/m0/s1. The van der Waals surface area contributed by atoms with Crippen molar-refractivity contribution in [3.8, 4) is 0 Å². The molecule has 4 heterocycles. The number of aromatic nitrogens is 5. The molecule has 1 saturated heterocycles. The van der Waals surface area contributed by atoms with Gasteiger partial charge in [-0.15, -0.1) is 0 Å². The number of carbonyl (C=O) groups excluding carboxylic acids is 1. The topological polar surface area (TPSA) is 85.5 Å². The average molecular weight is 338 g/mol. The highest BCUT2D eigenvalue weighted by Gasteiger charge is 2.25. The fourth-order valence-electron chi connectivity index (χ4n) is 3.00. The van der Waals surface area contributed by atoms with Crippen LogP contribution in [0.2, 0.25) is 0 Å². The molecule has 0 spiro atoms. The Morgan fingerprint density at radius 3 is 2.96 bits per heavy atom. The third-order valence-electron chi connectivity index (χ3n) is 4.19. The first-order valence-electron chi connectivity index (χ1n) is 8.23. The maximum absolute atomic E-state index is 12.6. The predicted octanol–water partition coefficient (Wildman–Crippen LogP) is 0.851. The van der Waals surface area contributed by atoms with Crippen LogP contribution in [0.3, 0.4) is 0 Å². The Labute approximate surface area is 144 Å². The molecule has 0 unspecified atom stereocenters. The molecule has 0 saturated carbocycles. The van der Waals surface area contributed by atoms with Crippen LogP contribution in [0.1, 0.15) is 16.3 Å². The summed E-state index contributed by atoms with van der Waals surface area (Å²) in [5, 5.41) is 4.56. The summed E-state index contributed by atoms with van der Waals surface area (Å²) in [7, 11) is 0. The quantitative estimate of drug-likeness (QED) is 0.704. The number of hydrogen-bond acceptors (Lipinski definition) is 6. The lowest BCUT2D eigenvalue weighted by atomic mass is 10.0. The minimum absolute atomic E-state index is 0.158. The Morgan fingerprint density at radius 2 is 2.08 bits per heavy atom. The Bertz CT molecular complexity index is 866. The van der Waals surface area contributed by atoms with Crippen molar-refractivity contribution in [3.05, 3.63) is 54.5 Å². The number of imidazole rings is 1. The van der Waals surface area contributed by atoms with E-state index in [1.54, 1.807) is 34.1 Å². The molecule has 0 aliphatic carbocycles. The second-order valence-electron chi connectivity index (χ2n) is 6.02. The van der Waals surface area contributed by atoms with Crippen molar-refractivity contribution in [1.29, 1.82) is 0 Å². The van der Waals surface area contributed by atoms with Gasteiger partial charge in [0, 0.05) is 43.8 Å². The third-order valence-corrected chi connectivity index (χ3v) is 4.19. The second kappa shape index (κ2) is 6.94. The Hall–Kier alpha value is -2.87. The summed E-state index contributed by atoms with van der Waals surface area (Å²) in [6.07, 6.45) is 7.44. The summed E-state index contributed by atoms with van der Waals surface area (Å²) < 4.78 is 7.44. The highest BCUT2D eigenvalue weighted by atomic mass is 16.5. The maximum atomic E-state index is 12.6. The van der Waals surface area contributed by atoms with Gasteiger partial charge in [0.15, 0.2) is 5.65 Å². The molecular weight excluding hydrogens is 320 g/mol. The molecule has 8 nitrogen and oxygen atoms in total. The molecule has 1 aliphatic heterocycles. The molecule has 3 aromatic heterocycles. The SMILES string of the molecule is O=C(c1ncccn1)N1CCOC[C@@H](Cc2ccc3nccn3n2)C1. The average Bonchev–Trinajstić information content (AvgIpc) is 2.99. The first-order valence-corrected chi connectivity index (χ1v) is 8.23. The summed E-state index contributed by atoms with van der Waals surface area (Å²) in [5.41, 5.74) is 1.77. The first-order chi connectivity index (χ1) is 12.3. The van der Waals surface area contributed by atoms with Gasteiger partial charge in [0.25, 0.3) is 5.91 Å². The van der Waals surface area contributed by atoms with Gasteiger partial charge < -0.3 is 9.64 Å². The number of nitrogens with zero attached hydrogens (tertiary/aromatic N) is 6. The summed E-state index contributed by atoms with van der Waals surface area (Å²) in [6, 6.07) is 5.61. The zero-order valence-electron chi connectivity index (χ0n) is 13.7. The van der Waals surface area contributed by atoms with Gasteiger partial charge in [-0.05, 0) is 24.6 Å². The van der Waals surface area contributed by atoms with Crippen LogP contribution < -0.4 is 0 Å². The third kappa shape index (κ3) is 3.48. The lowest BCUT2D eigenvalue weighted by molar-refractivity contribution is 0.0725. The van der Waals surface area contributed by atoms with E-state index in [0.717, 1.165) is 17.8 Å². The van der Waals surface area contributed by atoms with Crippen LogP contribution in [0.4, 0.5) is 0 Å². The first kappa shape index (κ1) is 15.6. The van der Waals surface area contributed by atoms with E-state index in [1.165, 1.54) is 0 Å². The minimum atomic E-state index is -0.158. The molecule has 4 rings (SSSR count). The number of carbonyl (C=O) groups is 1. The normalized spacial score (nSPS) is 18.2. The van der Waals surface area contributed by atoms with Crippen LogP contribution in [0.25, 0.3) is 5.65 Å². The number of hydrogen-bond donors (Lipinski definition) is 0. The summed E-state index contributed by atoms with van der Waals surface area (Å²) in [6.45, 7) is 2.26. The molecule has 1 aliphatic rings. The van der Waals surface area contributed by atoms with Crippen molar-refractivity contribution in [2.24, 2.45) is 5.92 Å². The minimum Gasteiger partial charge on any atom is -0.379 e. The lowest BCUT2D eigenvalue weighted by Gasteiger charge is -2.22. The van der Waals surface area contributed by atoms with E-state index in [1.807, 2.05) is 18.3 Å². The molecule has 3 aromatic rings. The van der Waals surface area contributed by atoms with Gasteiger partial charge in [-0.1, -0.05) is 0 Å². The molecule has 1 amide bonds. The zero-order valence-corrected chi connectivity index (χ0v) is 13.7. The van der Waals surface area contributed by atoms with Crippen molar-refractivity contribution in [2.45, 2.75) is 6.42 Å². The van der Waals surface area contributed by atoms with Crippen molar-refractivity contribution in [3.63, 3.8) is 0 Å². The van der Waals surface area contributed by atoms with E-state index >= 15 is 0 Å².